The molecule has 8 nitrogen and oxygen atoms in total. The van der Waals surface area contributed by atoms with E-state index >= 15 is 0 Å². The number of anilines is 2. The molecule has 0 saturated carbocycles. The van der Waals surface area contributed by atoms with E-state index in [1.54, 1.807) is 36.9 Å². The molecule has 0 saturated heterocycles. The van der Waals surface area contributed by atoms with Gasteiger partial charge in [-0.25, -0.2) is 8.42 Å². The van der Waals surface area contributed by atoms with Crippen LogP contribution in [0.5, 0.6) is 5.75 Å². The van der Waals surface area contributed by atoms with E-state index in [9.17, 15) is 18.0 Å². The molecule has 0 atom stereocenters. The lowest BCUT2D eigenvalue weighted by Crippen LogP contribution is -2.43. The molecule has 35 heavy (non-hydrogen) atoms. The molecule has 0 aliphatic carbocycles. The summed E-state index contributed by atoms with van der Waals surface area (Å²) < 4.78 is 32.7. The number of sulfonamides is 1. The van der Waals surface area contributed by atoms with Crippen molar-refractivity contribution in [2.24, 2.45) is 11.3 Å². The van der Waals surface area contributed by atoms with Gasteiger partial charge in [-0.2, -0.15) is 4.31 Å². The van der Waals surface area contributed by atoms with Crippen LogP contribution in [-0.4, -0.2) is 50.8 Å². The molecule has 0 fully saturated rings. The van der Waals surface area contributed by atoms with Crippen molar-refractivity contribution in [3.05, 3.63) is 48.0 Å². The van der Waals surface area contributed by atoms with Crippen LogP contribution in [0.15, 0.2) is 47.4 Å². The summed E-state index contributed by atoms with van der Waals surface area (Å²) in [5.74, 6) is 0.422. The fraction of sp³-hybridized carbons (Fsp3) is 0.462. The molecule has 0 spiro atoms. The van der Waals surface area contributed by atoms with Gasteiger partial charge in [0.15, 0.2) is 0 Å². The van der Waals surface area contributed by atoms with E-state index in [2.05, 4.69) is 5.32 Å². The highest BCUT2D eigenvalue weighted by atomic mass is 32.2. The number of nitrogens with one attached hydrogen (secondary N) is 1. The fourth-order valence-corrected chi connectivity index (χ4v) is 5.42. The van der Waals surface area contributed by atoms with Crippen LogP contribution in [0.25, 0.3) is 0 Å². The van der Waals surface area contributed by atoms with Gasteiger partial charge < -0.3 is 15.0 Å². The van der Waals surface area contributed by atoms with Gasteiger partial charge in [-0.3, -0.25) is 9.59 Å². The maximum Gasteiger partial charge on any atom is 0.255 e. The quantitative estimate of drug-likeness (QED) is 0.579. The smallest absolute Gasteiger partial charge is 0.255 e. The summed E-state index contributed by atoms with van der Waals surface area (Å²) in [5, 5.41) is 2.85. The molecule has 1 N–H and O–H groups in total. The van der Waals surface area contributed by atoms with Crippen molar-refractivity contribution < 1.29 is 22.7 Å². The topological polar surface area (TPSA) is 96.0 Å². The molecule has 1 aliphatic heterocycles. The summed E-state index contributed by atoms with van der Waals surface area (Å²) in [4.78, 5) is 28.0. The van der Waals surface area contributed by atoms with Gasteiger partial charge in [0.05, 0.1) is 16.0 Å². The van der Waals surface area contributed by atoms with Crippen molar-refractivity contribution in [2.45, 2.75) is 46.4 Å². The normalized spacial score (nSPS) is 15.5. The van der Waals surface area contributed by atoms with Crippen molar-refractivity contribution in [1.82, 2.24) is 4.31 Å². The summed E-state index contributed by atoms with van der Waals surface area (Å²) >= 11 is 0. The SMILES string of the molecule is CCN(CC)S(=O)(=O)c1ccc(C(=O)Nc2ccc3c(c2)N(CC(C)C)C(=O)C(C)(C)CO3)cc1. The number of rotatable bonds is 8. The number of amides is 2. The molecule has 3 rings (SSSR count). The van der Waals surface area contributed by atoms with Crippen LogP contribution in [-0.2, 0) is 14.8 Å². The molecule has 0 radical (unpaired) electrons. The zero-order valence-electron chi connectivity index (χ0n) is 21.3. The zero-order valence-corrected chi connectivity index (χ0v) is 22.1. The lowest BCUT2D eigenvalue weighted by Gasteiger charge is -2.29. The number of carbonyl (C=O) groups is 2. The zero-order chi connectivity index (χ0) is 26.0. The Hall–Kier alpha value is -2.91. The van der Waals surface area contributed by atoms with Crippen LogP contribution in [0.4, 0.5) is 11.4 Å². The molecule has 0 bridgehead atoms. The lowest BCUT2D eigenvalue weighted by atomic mass is 9.92. The minimum Gasteiger partial charge on any atom is -0.490 e. The first kappa shape index (κ1) is 26.7. The van der Waals surface area contributed by atoms with E-state index in [1.165, 1.54) is 28.6 Å². The molecule has 0 aromatic heterocycles. The minimum absolute atomic E-state index is 0.0292. The first-order valence-electron chi connectivity index (χ1n) is 11.9. The highest BCUT2D eigenvalue weighted by Gasteiger charge is 2.38. The van der Waals surface area contributed by atoms with Gasteiger partial charge in [0.1, 0.15) is 12.4 Å². The predicted octanol–water partition coefficient (Wildman–Crippen LogP) is 4.38. The van der Waals surface area contributed by atoms with E-state index in [-0.39, 0.29) is 29.2 Å². The van der Waals surface area contributed by atoms with E-state index in [0.29, 0.717) is 42.3 Å². The Balaban J connectivity index is 1.86. The first-order chi connectivity index (χ1) is 16.4. The van der Waals surface area contributed by atoms with Gasteiger partial charge in [0, 0.05) is 30.9 Å². The number of benzene rings is 2. The number of hydrogen-bond donors (Lipinski definition) is 1. The Morgan fingerprint density at radius 2 is 1.74 bits per heavy atom. The van der Waals surface area contributed by atoms with E-state index in [4.69, 9.17) is 4.74 Å². The monoisotopic (exact) mass is 501 g/mol. The number of carbonyl (C=O) groups excluding carboxylic acids is 2. The van der Waals surface area contributed by atoms with E-state index in [0.717, 1.165) is 0 Å². The molecule has 1 aliphatic rings. The number of ether oxygens (including phenoxy) is 1. The van der Waals surface area contributed by atoms with Gasteiger partial charge in [-0.05, 0) is 62.2 Å². The largest absolute Gasteiger partial charge is 0.490 e. The molecule has 9 heteroatoms. The third-order valence-electron chi connectivity index (χ3n) is 5.93. The van der Waals surface area contributed by atoms with Crippen molar-refractivity contribution in [3.8, 4) is 5.75 Å². The van der Waals surface area contributed by atoms with Crippen LogP contribution in [0, 0.1) is 11.3 Å². The first-order valence-corrected chi connectivity index (χ1v) is 13.3. The molecule has 0 unspecified atom stereocenters. The second-order valence-corrected chi connectivity index (χ2v) is 11.7. The van der Waals surface area contributed by atoms with Gasteiger partial charge in [0.25, 0.3) is 5.91 Å². The molecular formula is C26H35N3O5S. The van der Waals surface area contributed by atoms with Gasteiger partial charge in [0.2, 0.25) is 15.9 Å². The van der Waals surface area contributed by atoms with Crippen LogP contribution >= 0.6 is 0 Å². The second kappa shape index (κ2) is 10.4. The predicted molar refractivity (Wildman–Crippen MR) is 137 cm³/mol. The molecule has 2 aromatic rings. The highest BCUT2D eigenvalue weighted by Crippen LogP contribution is 2.38. The molecule has 1 heterocycles. The van der Waals surface area contributed by atoms with E-state index in [1.807, 2.05) is 27.7 Å². The number of fused-ring (bicyclic) bond motifs is 1. The van der Waals surface area contributed by atoms with Gasteiger partial charge >= 0.3 is 0 Å². The third-order valence-corrected chi connectivity index (χ3v) is 7.99. The number of hydrogen-bond acceptors (Lipinski definition) is 5. The molecule has 2 aromatic carbocycles. The van der Waals surface area contributed by atoms with Crippen LogP contribution in [0.3, 0.4) is 0 Å². The minimum atomic E-state index is -3.60. The summed E-state index contributed by atoms with van der Waals surface area (Å²) in [6, 6.07) is 11.1. The van der Waals surface area contributed by atoms with Crippen LogP contribution < -0.4 is 15.0 Å². The Morgan fingerprint density at radius 1 is 1.11 bits per heavy atom. The Labute approximate surface area is 208 Å². The average molecular weight is 502 g/mol. The average Bonchev–Trinajstić information content (AvgIpc) is 2.89. The summed E-state index contributed by atoms with van der Waals surface area (Å²) in [5.41, 5.74) is 0.780. The van der Waals surface area contributed by atoms with Crippen molar-refractivity contribution in [2.75, 3.05) is 36.5 Å². The molecular weight excluding hydrogens is 466 g/mol. The van der Waals surface area contributed by atoms with Gasteiger partial charge in [-0.15, -0.1) is 0 Å². The van der Waals surface area contributed by atoms with Gasteiger partial charge in [-0.1, -0.05) is 27.7 Å². The summed E-state index contributed by atoms with van der Waals surface area (Å²) in [6.07, 6.45) is 0. The Morgan fingerprint density at radius 3 is 2.31 bits per heavy atom. The van der Waals surface area contributed by atoms with Crippen LogP contribution in [0.2, 0.25) is 0 Å². The Bertz CT molecular complexity index is 1190. The van der Waals surface area contributed by atoms with Crippen LogP contribution in [0.1, 0.15) is 51.9 Å². The van der Waals surface area contributed by atoms with E-state index < -0.39 is 15.4 Å². The maximum atomic E-state index is 13.2. The Kier molecular flexibility index (Phi) is 7.91. The number of nitrogens with zero attached hydrogens (tertiary/aromatic N) is 2. The summed E-state index contributed by atoms with van der Waals surface area (Å²) in [6.45, 7) is 12.9. The van der Waals surface area contributed by atoms with Crippen molar-refractivity contribution >= 4 is 33.2 Å². The van der Waals surface area contributed by atoms with Crippen molar-refractivity contribution in [1.29, 1.82) is 0 Å². The standard InChI is InChI=1S/C26H35N3O5S/c1-7-28(8-2)35(32,33)21-12-9-19(10-13-21)24(30)27-20-11-14-23-22(15-20)29(16-18(3)4)25(31)26(5,6)17-34-23/h9-15,18H,7-8,16-17H2,1-6H3,(H,27,30). The van der Waals surface area contributed by atoms with Crippen molar-refractivity contribution in [3.63, 3.8) is 0 Å². The maximum absolute atomic E-state index is 13.2. The second-order valence-electron chi connectivity index (χ2n) is 9.73. The molecule has 190 valence electrons. The lowest BCUT2D eigenvalue weighted by molar-refractivity contribution is -0.127. The summed E-state index contributed by atoms with van der Waals surface area (Å²) in [7, 11) is -3.60. The fourth-order valence-electron chi connectivity index (χ4n) is 3.96. The molecule has 2 amide bonds. The highest BCUT2D eigenvalue weighted by molar-refractivity contribution is 7.89. The third kappa shape index (κ3) is 5.67.